The van der Waals surface area contributed by atoms with Gasteiger partial charge in [-0.3, -0.25) is 0 Å². The smallest absolute Gasteiger partial charge is 0.211 e. The summed E-state index contributed by atoms with van der Waals surface area (Å²) in [4.78, 5) is 0. The van der Waals surface area contributed by atoms with E-state index in [4.69, 9.17) is 10.5 Å². The molecule has 0 bridgehead atoms. The average Bonchev–Trinajstić information content (AvgIpc) is 2.34. The monoisotopic (exact) mass is 300 g/mol. The van der Waals surface area contributed by atoms with Crippen molar-refractivity contribution in [1.29, 1.82) is 0 Å². The van der Waals surface area contributed by atoms with E-state index in [1.807, 2.05) is 20.8 Å². The number of hydrogen-bond acceptors (Lipinski definition) is 4. The van der Waals surface area contributed by atoms with Crippen LogP contribution in [0.1, 0.15) is 27.2 Å². The second-order valence-corrected chi connectivity index (χ2v) is 7.87. The van der Waals surface area contributed by atoms with Gasteiger partial charge in [0.2, 0.25) is 10.0 Å². The number of anilines is 1. The molecule has 0 radical (unpaired) electrons. The van der Waals surface area contributed by atoms with Crippen molar-refractivity contribution in [2.24, 2.45) is 5.41 Å². The lowest BCUT2D eigenvalue weighted by Gasteiger charge is -2.17. The SMILES string of the molecule is CC(C)(C)CCS(=O)(=O)NCCOc1ccc(N)cc1. The van der Waals surface area contributed by atoms with Crippen molar-refractivity contribution in [2.45, 2.75) is 27.2 Å². The Morgan fingerprint density at radius 3 is 2.35 bits per heavy atom. The van der Waals surface area contributed by atoms with Crippen LogP contribution >= 0.6 is 0 Å². The highest BCUT2D eigenvalue weighted by Crippen LogP contribution is 2.18. The average molecular weight is 300 g/mol. The Labute approximate surface area is 121 Å². The molecular weight excluding hydrogens is 276 g/mol. The first-order valence-corrected chi connectivity index (χ1v) is 8.29. The lowest BCUT2D eigenvalue weighted by molar-refractivity contribution is 0.322. The maximum atomic E-state index is 11.8. The van der Waals surface area contributed by atoms with Crippen LogP contribution in [0.15, 0.2) is 24.3 Å². The predicted octanol–water partition coefficient (Wildman–Crippen LogP) is 2.00. The van der Waals surface area contributed by atoms with Gasteiger partial charge < -0.3 is 10.5 Å². The maximum Gasteiger partial charge on any atom is 0.211 e. The molecule has 20 heavy (non-hydrogen) atoms. The molecule has 6 heteroatoms. The summed E-state index contributed by atoms with van der Waals surface area (Å²) in [5.41, 5.74) is 6.24. The van der Waals surface area contributed by atoms with Crippen molar-refractivity contribution in [2.75, 3.05) is 24.6 Å². The van der Waals surface area contributed by atoms with E-state index in [2.05, 4.69) is 4.72 Å². The van der Waals surface area contributed by atoms with Crippen LogP contribution in [-0.2, 0) is 10.0 Å². The largest absolute Gasteiger partial charge is 0.492 e. The van der Waals surface area contributed by atoms with E-state index in [1.165, 1.54) is 0 Å². The molecule has 1 rings (SSSR count). The number of nitrogen functional groups attached to an aromatic ring is 1. The van der Waals surface area contributed by atoms with Gasteiger partial charge in [0.25, 0.3) is 0 Å². The van der Waals surface area contributed by atoms with Gasteiger partial charge in [-0.15, -0.1) is 0 Å². The molecule has 0 amide bonds. The summed E-state index contributed by atoms with van der Waals surface area (Å²) >= 11 is 0. The first-order valence-electron chi connectivity index (χ1n) is 6.64. The van der Waals surface area contributed by atoms with E-state index in [-0.39, 0.29) is 17.7 Å². The van der Waals surface area contributed by atoms with Crippen LogP contribution in [0, 0.1) is 5.41 Å². The van der Waals surface area contributed by atoms with E-state index >= 15 is 0 Å². The summed E-state index contributed by atoms with van der Waals surface area (Å²) in [5.74, 6) is 0.811. The van der Waals surface area contributed by atoms with Crippen molar-refractivity contribution in [1.82, 2.24) is 4.72 Å². The van der Waals surface area contributed by atoms with Gasteiger partial charge in [0.05, 0.1) is 5.75 Å². The predicted molar refractivity (Wildman–Crippen MR) is 82.2 cm³/mol. The molecule has 0 spiro atoms. The zero-order valence-electron chi connectivity index (χ0n) is 12.3. The van der Waals surface area contributed by atoms with Crippen molar-refractivity contribution >= 4 is 15.7 Å². The summed E-state index contributed by atoms with van der Waals surface area (Å²) in [6.07, 6.45) is 0.626. The standard InChI is InChI=1S/C14H24N2O3S/c1-14(2,3)8-11-20(17,18)16-9-10-19-13-6-4-12(15)5-7-13/h4-7,16H,8-11,15H2,1-3H3. The molecule has 0 saturated heterocycles. The zero-order valence-corrected chi connectivity index (χ0v) is 13.2. The molecule has 0 aliphatic rings. The van der Waals surface area contributed by atoms with Gasteiger partial charge in [0.15, 0.2) is 0 Å². The van der Waals surface area contributed by atoms with Gasteiger partial charge in [-0.1, -0.05) is 20.8 Å². The molecule has 0 aliphatic heterocycles. The first kappa shape index (κ1) is 16.8. The van der Waals surface area contributed by atoms with E-state index < -0.39 is 10.0 Å². The summed E-state index contributed by atoms with van der Waals surface area (Å²) in [7, 11) is -3.23. The van der Waals surface area contributed by atoms with Crippen molar-refractivity contribution in [3.63, 3.8) is 0 Å². The van der Waals surface area contributed by atoms with E-state index in [1.54, 1.807) is 24.3 Å². The molecule has 0 aromatic heterocycles. The summed E-state index contributed by atoms with van der Waals surface area (Å²) in [5, 5.41) is 0. The van der Waals surface area contributed by atoms with Gasteiger partial charge in [-0.25, -0.2) is 13.1 Å². The minimum Gasteiger partial charge on any atom is -0.492 e. The molecule has 0 saturated carbocycles. The van der Waals surface area contributed by atoms with Gasteiger partial charge in [-0.05, 0) is 36.1 Å². The molecule has 5 nitrogen and oxygen atoms in total. The number of nitrogens with two attached hydrogens (primary N) is 1. The minimum absolute atomic E-state index is 0.00915. The molecule has 0 unspecified atom stereocenters. The number of rotatable bonds is 7. The minimum atomic E-state index is -3.23. The maximum absolute atomic E-state index is 11.8. The van der Waals surface area contributed by atoms with Gasteiger partial charge in [0.1, 0.15) is 12.4 Å². The topological polar surface area (TPSA) is 81.4 Å². The highest BCUT2D eigenvalue weighted by Gasteiger charge is 2.16. The third-order valence-electron chi connectivity index (χ3n) is 2.69. The Balaban J connectivity index is 2.28. The molecule has 0 fully saturated rings. The van der Waals surface area contributed by atoms with Crippen LogP contribution in [0.5, 0.6) is 5.75 Å². The van der Waals surface area contributed by atoms with Crippen LogP contribution in [0.4, 0.5) is 5.69 Å². The van der Waals surface area contributed by atoms with Gasteiger partial charge >= 0.3 is 0 Å². The van der Waals surface area contributed by atoms with Gasteiger partial charge in [0, 0.05) is 12.2 Å². The van der Waals surface area contributed by atoms with Gasteiger partial charge in [-0.2, -0.15) is 0 Å². The van der Waals surface area contributed by atoms with E-state index in [9.17, 15) is 8.42 Å². The Bertz CT molecular complexity index is 504. The van der Waals surface area contributed by atoms with E-state index in [0.717, 1.165) is 0 Å². The molecule has 0 heterocycles. The van der Waals surface area contributed by atoms with Crippen LogP contribution in [0.3, 0.4) is 0 Å². The summed E-state index contributed by atoms with van der Waals surface area (Å²) in [6.45, 7) is 6.61. The van der Waals surface area contributed by atoms with E-state index in [0.29, 0.717) is 24.5 Å². The molecule has 114 valence electrons. The Kier molecular flexibility index (Phi) is 5.83. The van der Waals surface area contributed by atoms with Crippen molar-refractivity contribution in [3.05, 3.63) is 24.3 Å². The third kappa shape index (κ3) is 7.35. The highest BCUT2D eigenvalue weighted by molar-refractivity contribution is 7.89. The Hall–Kier alpha value is -1.27. The van der Waals surface area contributed by atoms with Crippen LogP contribution in [0.2, 0.25) is 0 Å². The fourth-order valence-corrected chi connectivity index (χ4v) is 2.86. The number of hydrogen-bond donors (Lipinski definition) is 2. The molecule has 3 N–H and O–H groups in total. The second-order valence-electron chi connectivity index (χ2n) is 5.94. The molecule has 1 aromatic rings. The first-order chi connectivity index (χ1) is 9.18. The number of sulfonamides is 1. The normalized spacial score (nSPS) is 12.3. The number of benzene rings is 1. The quantitative estimate of drug-likeness (QED) is 0.596. The Morgan fingerprint density at radius 2 is 1.80 bits per heavy atom. The lowest BCUT2D eigenvalue weighted by Crippen LogP contribution is -2.31. The number of nitrogens with one attached hydrogen (secondary N) is 1. The third-order valence-corrected chi connectivity index (χ3v) is 4.08. The van der Waals surface area contributed by atoms with Crippen LogP contribution in [-0.4, -0.2) is 27.3 Å². The summed E-state index contributed by atoms with van der Waals surface area (Å²) < 4.78 is 31.5. The van der Waals surface area contributed by atoms with Crippen LogP contribution < -0.4 is 15.2 Å². The molecule has 1 aromatic carbocycles. The van der Waals surface area contributed by atoms with Crippen LogP contribution in [0.25, 0.3) is 0 Å². The zero-order chi connectivity index (χ0) is 15.2. The van der Waals surface area contributed by atoms with Crippen molar-refractivity contribution in [3.8, 4) is 5.75 Å². The Morgan fingerprint density at radius 1 is 1.20 bits per heavy atom. The molecule has 0 aliphatic carbocycles. The number of ether oxygens (including phenoxy) is 1. The summed E-state index contributed by atoms with van der Waals surface area (Å²) in [6, 6.07) is 6.98. The second kappa shape index (κ2) is 6.95. The highest BCUT2D eigenvalue weighted by atomic mass is 32.2. The van der Waals surface area contributed by atoms with Crippen molar-refractivity contribution < 1.29 is 13.2 Å². The molecular formula is C14H24N2O3S. The fraction of sp³-hybridized carbons (Fsp3) is 0.571. The lowest BCUT2D eigenvalue weighted by atomic mass is 9.94. The fourth-order valence-electron chi connectivity index (χ4n) is 1.44. The molecule has 0 atom stereocenters.